The number of ether oxygens (including phenoxy) is 1. The SMILES string of the molecule is COCCn1ccnc1NC(C)Cc1cccs1. The van der Waals surface area contributed by atoms with Crippen LogP contribution >= 0.6 is 11.3 Å². The van der Waals surface area contributed by atoms with Crippen LogP contribution in [-0.2, 0) is 17.7 Å². The Morgan fingerprint density at radius 3 is 3.17 bits per heavy atom. The summed E-state index contributed by atoms with van der Waals surface area (Å²) in [6, 6.07) is 4.62. The molecular formula is C13H19N3OS. The van der Waals surface area contributed by atoms with E-state index < -0.39 is 0 Å². The van der Waals surface area contributed by atoms with Crippen LogP contribution in [0.15, 0.2) is 29.9 Å². The first-order chi connectivity index (χ1) is 8.79. The molecule has 0 aliphatic rings. The van der Waals surface area contributed by atoms with E-state index in [1.165, 1.54) is 4.88 Å². The van der Waals surface area contributed by atoms with Crippen molar-refractivity contribution >= 4 is 17.3 Å². The van der Waals surface area contributed by atoms with E-state index in [1.807, 2.05) is 12.4 Å². The zero-order valence-corrected chi connectivity index (χ0v) is 11.6. The molecule has 2 heterocycles. The van der Waals surface area contributed by atoms with E-state index in [4.69, 9.17) is 4.74 Å². The molecule has 0 radical (unpaired) electrons. The molecule has 0 amide bonds. The first-order valence-electron chi connectivity index (χ1n) is 6.08. The van der Waals surface area contributed by atoms with Gasteiger partial charge in [0.1, 0.15) is 0 Å². The van der Waals surface area contributed by atoms with Gasteiger partial charge in [-0.3, -0.25) is 0 Å². The summed E-state index contributed by atoms with van der Waals surface area (Å²) in [7, 11) is 1.71. The minimum absolute atomic E-state index is 0.368. The predicted molar refractivity (Wildman–Crippen MR) is 75.2 cm³/mol. The zero-order chi connectivity index (χ0) is 12.8. The second-order valence-corrected chi connectivity index (χ2v) is 5.30. The number of anilines is 1. The summed E-state index contributed by atoms with van der Waals surface area (Å²) in [5, 5.41) is 5.55. The minimum Gasteiger partial charge on any atom is -0.383 e. The highest BCUT2D eigenvalue weighted by atomic mass is 32.1. The Kier molecular flexibility index (Phi) is 4.78. The van der Waals surface area contributed by atoms with Crippen LogP contribution in [0.25, 0.3) is 0 Å². The number of nitrogens with one attached hydrogen (secondary N) is 1. The molecule has 0 spiro atoms. The lowest BCUT2D eigenvalue weighted by atomic mass is 10.2. The van der Waals surface area contributed by atoms with Gasteiger partial charge in [-0.05, 0) is 18.4 Å². The fourth-order valence-corrected chi connectivity index (χ4v) is 2.66. The van der Waals surface area contributed by atoms with Crippen molar-refractivity contribution in [2.45, 2.75) is 25.9 Å². The lowest BCUT2D eigenvalue weighted by molar-refractivity contribution is 0.187. The standard InChI is InChI=1S/C13H19N3OS/c1-11(10-12-4-3-9-18-12)15-13-14-5-6-16(13)7-8-17-2/h3-6,9,11H,7-8,10H2,1-2H3,(H,14,15). The second kappa shape index (κ2) is 6.56. The monoisotopic (exact) mass is 265 g/mol. The van der Waals surface area contributed by atoms with Crippen molar-refractivity contribution in [2.24, 2.45) is 0 Å². The Bertz CT molecular complexity index is 453. The van der Waals surface area contributed by atoms with Crippen LogP contribution in [0, 0.1) is 0 Å². The minimum atomic E-state index is 0.368. The molecule has 2 aromatic rings. The molecule has 98 valence electrons. The fourth-order valence-electron chi connectivity index (χ4n) is 1.82. The normalized spacial score (nSPS) is 12.6. The molecule has 0 bridgehead atoms. The number of rotatable bonds is 7. The van der Waals surface area contributed by atoms with Gasteiger partial charge >= 0.3 is 0 Å². The lowest BCUT2D eigenvalue weighted by Crippen LogP contribution is -2.21. The summed E-state index contributed by atoms with van der Waals surface area (Å²) in [6.07, 6.45) is 4.81. The highest BCUT2D eigenvalue weighted by Crippen LogP contribution is 2.14. The summed E-state index contributed by atoms with van der Waals surface area (Å²) in [4.78, 5) is 5.73. The van der Waals surface area contributed by atoms with Crippen LogP contribution in [-0.4, -0.2) is 29.3 Å². The van der Waals surface area contributed by atoms with E-state index in [9.17, 15) is 0 Å². The summed E-state index contributed by atoms with van der Waals surface area (Å²) in [5.74, 6) is 0.913. The molecule has 0 fully saturated rings. The smallest absolute Gasteiger partial charge is 0.203 e. The van der Waals surface area contributed by atoms with Gasteiger partial charge < -0.3 is 14.6 Å². The van der Waals surface area contributed by atoms with Crippen molar-refractivity contribution in [2.75, 3.05) is 19.0 Å². The Morgan fingerprint density at radius 2 is 2.44 bits per heavy atom. The maximum Gasteiger partial charge on any atom is 0.203 e. The highest BCUT2D eigenvalue weighted by molar-refractivity contribution is 7.09. The molecule has 0 aliphatic carbocycles. The van der Waals surface area contributed by atoms with Crippen molar-refractivity contribution in [3.63, 3.8) is 0 Å². The molecule has 1 N–H and O–H groups in total. The number of methoxy groups -OCH3 is 1. The average molecular weight is 265 g/mol. The number of thiophene rings is 1. The van der Waals surface area contributed by atoms with Gasteiger partial charge in [0.15, 0.2) is 0 Å². The molecule has 5 heteroatoms. The molecule has 1 unspecified atom stereocenters. The van der Waals surface area contributed by atoms with E-state index in [1.54, 1.807) is 18.4 Å². The molecule has 0 aromatic carbocycles. The second-order valence-electron chi connectivity index (χ2n) is 4.27. The molecule has 2 rings (SSSR count). The molecule has 0 saturated carbocycles. The first-order valence-corrected chi connectivity index (χ1v) is 6.96. The van der Waals surface area contributed by atoms with Gasteiger partial charge in [-0.1, -0.05) is 6.07 Å². The Balaban J connectivity index is 1.90. The third kappa shape index (κ3) is 3.58. The Morgan fingerprint density at radius 1 is 1.56 bits per heavy atom. The van der Waals surface area contributed by atoms with Crippen LogP contribution in [0.2, 0.25) is 0 Å². The van der Waals surface area contributed by atoms with Gasteiger partial charge in [0.25, 0.3) is 0 Å². The number of aromatic nitrogens is 2. The van der Waals surface area contributed by atoms with E-state index >= 15 is 0 Å². The quantitative estimate of drug-likeness (QED) is 0.836. The van der Waals surface area contributed by atoms with E-state index in [2.05, 4.69) is 39.3 Å². The summed E-state index contributed by atoms with van der Waals surface area (Å²) >= 11 is 1.79. The van der Waals surface area contributed by atoms with Crippen molar-refractivity contribution in [3.05, 3.63) is 34.8 Å². The maximum atomic E-state index is 5.09. The maximum absolute atomic E-state index is 5.09. The molecular weight excluding hydrogens is 246 g/mol. The Hall–Kier alpha value is -1.33. The van der Waals surface area contributed by atoms with Crippen LogP contribution in [0.5, 0.6) is 0 Å². The van der Waals surface area contributed by atoms with Crippen LogP contribution in [0.1, 0.15) is 11.8 Å². The van der Waals surface area contributed by atoms with Gasteiger partial charge in [-0.25, -0.2) is 4.98 Å². The average Bonchev–Trinajstić information content (AvgIpc) is 2.98. The first kappa shape index (κ1) is 13.1. The van der Waals surface area contributed by atoms with Crippen LogP contribution in [0.3, 0.4) is 0 Å². The predicted octanol–water partition coefficient (Wildman–Crippen LogP) is 2.63. The van der Waals surface area contributed by atoms with E-state index in [0.717, 1.165) is 18.9 Å². The third-order valence-corrected chi connectivity index (χ3v) is 3.61. The number of hydrogen-bond acceptors (Lipinski definition) is 4. The van der Waals surface area contributed by atoms with Gasteiger partial charge in [0.05, 0.1) is 6.61 Å². The van der Waals surface area contributed by atoms with Gasteiger partial charge in [-0.15, -0.1) is 11.3 Å². The van der Waals surface area contributed by atoms with Crippen molar-refractivity contribution in [3.8, 4) is 0 Å². The number of nitrogens with zero attached hydrogens (tertiary/aromatic N) is 2. The number of imidazole rings is 1. The van der Waals surface area contributed by atoms with E-state index in [-0.39, 0.29) is 0 Å². The van der Waals surface area contributed by atoms with E-state index in [0.29, 0.717) is 12.6 Å². The van der Waals surface area contributed by atoms with Crippen LogP contribution in [0.4, 0.5) is 5.95 Å². The molecule has 0 aliphatic heterocycles. The van der Waals surface area contributed by atoms with Crippen molar-refractivity contribution in [1.29, 1.82) is 0 Å². The zero-order valence-electron chi connectivity index (χ0n) is 10.8. The van der Waals surface area contributed by atoms with Gasteiger partial charge in [-0.2, -0.15) is 0 Å². The molecule has 4 nitrogen and oxygen atoms in total. The Labute approximate surface area is 112 Å². The summed E-state index contributed by atoms with van der Waals surface area (Å²) < 4.78 is 7.16. The summed E-state index contributed by atoms with van der Waals surface area (Å²) in [6.45, 7) is 3.70. The molecule has 1 atom stereocenters. The largest absolute Gasteiger partial charge is 0.383 e. The molecule has 0 saturated heterocycles. The number of hydrogen-bond donors (Lipinski definition) is 1. The topological polar surface area (TPSA) is 39.1 Å². The highest BCUT2D eigenvalue weighted by Gasteiger charge is 2.08. The molecule has 18 heavy (non-hydrogen) atoms. The van der Waals surface area contributed by atoms with Crippen molar-refractivity contribution < 1.29 is 4.74 Å². The van der Waals surface area contributed by atoms with Crippen LogP contribution < -0.4 is 5.32 Å². The fraction of sp³-hybridized carbons (Fsp3) is 0.462. The van der Waals surface area contributed by atoms with Gasteiger partial charge in [0.2, 0.25) is 5.95 Å². The summed E-state index contributed by atoms with van der Waals surface area (Å²) in [5.41, 5.74) is 0. The third-order valence-electron chi connectivity index (χ3n) is 2.71. The molecule has 2 aromatic heterocycles. The van der Waals surface area contributed by atoms with Crippen molar-refractivity contribution in [1.82, 2.24) is 9.55 Å². The van der Waals surface area contributed by atoms with Gasteiger partial charge in [0, 0.05) is 43.4 Å². The lowest BCUT2D eigenvalue weighted by Gasteiger charge is -2.15.